The molecule has 3 heterocycles. The molecular formula is C18H12Cl2N4O2. The van der Waals surface area contributed by atoms with E-state index in [1.807, 2.05) is 0 Å². The third kappa shape index (κ3) is 3.05. The topological polar surface area (TPSA) is 73.0 Å². The van der Waals surface area contributed by atoms with Crippen LogP contribution in [0.5, 0.6) is 0 Å². The number of aromatic nitrogens is 3. The van der Waals surface area contributed by atoms with Crippen molar-refractivity contribution in [1.29, 1.82) is 0 Å². The Kier molecular flexibility index (Phi) is 4.36. The molecule has 6 nitrogen and oxygen atoms in total. The Morgan fingerprint density at radius 3 is 2.81 bits per heavy atom. The SMILES string of the molecule is O=C(NCc1ccco1)c1nc2cccnc2n1-c1ccc(Cl)c(Cl)c1. The van der Waals surface area contributed by atoms with Crippen molar-refractivity contribution in [2.45, 2.75) is 6.54 Å². The minimum absolute atomic E-state index is 0.198. The number of halogens is 2. The van der Waals surface area contributed by atoms with Gasteiger partial charge in [-0.2, -0.15) is 0 Å². The molecule has 0 aliphatic carbocycles. The van der Waals surface area contributed by atoms with E-state index < -0.39 is 0 Å². The Balaban J connectivity index is 1.78. The van der Waals surface area contributed by atoms with Crippen LogP contribution in [0.2, 0.25) is 10.0 Å². The first-order chi connectivity index (χ1) is 12.6. The van der Waals surface area contributed by atoms with Crippen LogP contribution in [0.25, 0.3) is 16.9 Å². The molecule has 0 spiro atoms. The average Bonchev–Trinajstić information content (AvgIpc) is 3.29. The van der Waals surface area contributed by atoms with Crippen LogP contribution in [-0.4, -0.2) is 20.4 Å². The summed E-state index contributed by atoms with van der Waals surface area (Å²) < 4.78 is 6.88. The number of carbonyl (C=O) groups is 1. The maximum Gasteiger partial charge on any atom is 0.288 e. The van der Waals surface area contributed by atoms with E-state index in [2.05, 4.69) is 15.3 Å². The standard InChI is InChI=1S/C18H12Cl2N4O2/c19-13-6-5-11(9-14(13)20)24-16-15(4-1-7-21-16)23-17(24)18(25)22-10-12-3-2-8-26-12/h1-9H,10H2,(H,22,25). The van der Waals surface area contributed by atoms with Gasteiger partial charge in [0, 0.05) is 6.20 Å². The molecular weight excluding hydrogens is 375 g/mol. The number of benzene rings is 1. The molecule has 130 valence electrons. The van der Waals surface area contributed by atoms with Crippen LogP contribution in [0.3, 0.4) is 0 Å². The van der Waals surface area contributed by atoms with Crippen molar-refractivity contribution in [2.75, 3.05) is 0 Å². The molecule has 4 aromatic rings. The molecule has 1 aromatic carbocycles. The molecule has 1 amide bonds. The minimum Gasteiger partial charge on any atom is -0.467 e. The lowest BCUT2D eigenvalue weighted by atomic mass is 10.3. The number of nitrogens with one attached hydrogen (secondary N) is 1. The lowest BCUT2D eigenvalue weighted by molar-refractivity contribution is 0.0936. The van der Waals surface area contributed by atoms with Crippen LogP contribution >= 0.6 is 23.2 Å². The van der Waals surface area contributed by atoms with Crippen molar-refractivity contribution in [3.63, 3.8) is 0 Å². The highest BCUT2D eigenvalue weighted by molar-refractivity contribution is 6.42. The summed E-state index contributed by atoms with van der Waals surface area (Å²) in [5.74, 6) is 0.489. The molecule has 0 bridgehead atoms. The van der Waals surface area contributed by atoms with Crippen molar-refractivity contribution in [3.8, 4) is 5.69 Å². The summed E-state index contributed by atoms with van der Waals surface area (Å²) in [7, 11) is 0. The fourth-order valence-electron chi connectivity index (χ4n) is 2.59. The van der Waals surface area contributed by atoms with Crippen LogP contribution in [-0.2, 0) is 6.54 Å². The van der Waals surface area contributed by atoms with E-state index in [0.29, 0.717) is 32.7 Å². The second-order valence-corrected chi connectivity index (χ2v) is 6.29. The van der Waals surface area contributed by atoms with Gasteiger partial charge in [0.25, 0.3) is 5.91 Å². The normalized spacial score (nSPS) is 11.0. The number of hydrogen-bond donors (Lipinski definition) is 1. The number of hydrogen-bond acceptors (Lipinski definition) is 4. The number of nitrogens with zero attached hydrogens (tertiary/aromatic N) is 3. The van der Waals surface area contributed by atoms with E-state index in [1.54, 1.807) is 59.5 Å². The van der Waals surface area contributed by atoms with E-state index in [1.165, 1.54) is 0 Å². The molecule has 0 atom stereocenters. The van der Waals surface area contributed by atoms with Crippen molar-refractivity contribution in [1.82, 2.24) is 19.9 Å². The number of furan rings is 1. The number of amides is 1. The van der Waals surface area contributed by atoms with Crippen molar-refractivity contribution >= 4 is 40.3 Å². The fourth-order valence-corrected chi connectivity index (χ4v) is 2.89. The average molecular weight is 387 g/mol. The maximum atomic E-state index is 12.7. The molecule has 0 saturated heterocycles. The maximum absolute atomic E-state index is 12.7. The van der Waals surface area contributed by atoms with Gasteiger partial charge < -0.3 is 9.73 Å². The first-order valence-corrected chi connectivity index (χ1v) is 8.48. The Morgan fingerprint density at radius 2 is 2.04 bits per heavy atom. The molecule has 0 unspecified atom stereocenters. The van der Waals surface area contributed by atoms with Gasteiger partial charge in [-0.1, -0.05) is 23.2 Å². The summed E-state index contributed by atoms with van der Waals surface area (Å²) in [4.78, 5) is 21.5. The van der Waals surface area contributed by atoms with Crippen LogP contribution < -0.4 is 5.32 Å². The second-order valence-electron chi connectivity index (χ2n) is 5.48. The van der Waals surface area contributed by atoms with Gasteiger partial charge in [0.1, 0.15) is 11.3 Å². The zero-order chi connectivity index (χ0) is 18.1. The van der Waals surface area contributed by atoms with Gasteiger partial charge in [0.15, 0.2) is 5.65 Å². The molecule has 0 aliphatic heterocycles. The Hall–Kier alpha value is -2.83. The molecule has 4 rings (SSSR count). The summed E-state index contributed by atoms with van der Waals surface area (Å²) in [6.07, 6.45) is 3.19. The number of pyridine rings is 1. The van der Waals surface area contributed by atoms with Gasteiger partial charge in [0.05, 0.1) is 28.5 Å². The van der Waals surface area contributed by atoms with Gasteiger partial charge in [-0.15, -0.1) is 0 Å². The van der Waals surface area contributed by atoms with Crippen LogP contribution in [0.15, 0.2) is 59.3 Å². The molecule has 1 N–H and O–H groups in total. The summed E-state index contributed by atoms with van der Waals surface area (Å²) in [6, 6.07) is 12.2. The van der Waals surface area contributed by atoms with E-state index in [9.17, 15) is 4.79 Å². The highest BCUT2D eigenvalue weighted by Crippen LogP contribution is 2.27. The van der Waals surface area contributed by atoms with Gasteiger partial charge >= 0.3 is 0 Å². The molecule has 26 heavy (non-hydrogen) atoms. The number of fused-ring (bicyclic) bond motifs is 1. The highest BCUT2D eigenvalue weighted by atomic mass is 35.5. The molecule has 0 fully saturated rings. The van der Waals surface area contributed by atoms with Gasteiger partial charge in [-0.05, 0) is 42.5 Å². The second kappa shape index (κ2) is 6.82. The smallest absolute Gasteiger partial charge is 0.288 e. The van der Waals surface area contributed by atoms with E-state index >= 15 is 0 Å². The molecule has 8 heteroatoms. The van der Waals surface area contributed by atoms with Gasteiger partial charge in [-0.3, -0.25) is 9.36 Å². The quantitative estimate of drug-likeness (QED) is 0.568. The number of carbonyl (C=O) groups excluding carboxylic acids is 1. The van der Waals surface area contributed by atoms with Gasteiger partial charge in [-0.25, -0.2) is 9.97 Å². The van der Waals surface area contributed by atoms with E-state index in [4.69, 9.17) is 27.6 Å². The Morgan fingerprint density at radius 1 is 1.15 bits per heavy atom. The Bertz CT molecular complexity index is 1090. The fraction of sp³-hybridized carbons (Fsp3) is 0.0556. The lowest BCUT2D eigenvalue weighted by Crippen LogP contribution is -2.26. The van der Waals surface area contributed by atoms with Crippen LogP contribution in [0, 0.1) is 0 Å². The van der Waals surface area contributed by atoms with Crippen LogP contribution in [0.1, 0.15) is 16.4 Å². The minimum atomic E-state index is -0.356. The molecule has 0 aliphatic rings. The summed E-state index contributed by atoms with van der Waals surface area (Å²) in [5.41, 5.74) is 1.79. The van der Waals surface area contributed by atoms with Crippen LogP contribution in [0.4, 0.5) is 0 Å². The highest BCUT2D eigenvalue weighted by Gasteiger charge is 2.20. The summed E-state index contributed by atoms with van der Waals surface area (Å²) in [5, 5.41) is 3.60. The van der Waals surface area contributed by atoms with Crippen molar-refractivity contribution < 1.29 is 9.21 Å². The Labute approximate surface area is 158 Å². The van der Waals surface area contributed by atoms with Crippen molar-refractivity contribution in [3.05, 3.63) is 76.6 Å². The van der Waals surface area contributed by atoms with E-state index in [0.717, 1.165) is 0 Å². The molecule has 0 saturated carbocycles. The summed E-state index contributed by atoms with van der Waals surface area (Å²) >= 11 is 12.2. The molecule has 3 aromatic heterocycles. The third-order valence-corrected chi connectivity index (χ3v) is 4.52. The molecule has 0 radical (unpaired) electrons. The van der Waals surface area contributed by atoms with Crippen molar-refractivity contribution in [2.24, 2.45) is 0 Å². The predicted octanol–water partition coefficient (Wildman–Crippen LogP) is 4.25. The first-order valence-electron chi connectivity index (χ1n) is 7.73. The third-order valence-electron chi connectivity index (χ3n) is 3.78. The number of rotatable bonds is 4. The van der Waals surface area contributed by atoms with Gasteiger partial charge in [0.2, 0.25) is 5.82 Å². The number of imidazole rings is 1. The first kappa shape index (κ1) is 16.6. The summed E-state index contributed by atoms with van der Waals surface area (Å²) in [6.45, 7) is 0.254. The monoisotopic (exact) mass is 386 g/mol. The lowest BCUT2D eigenvalue weighted by Gasteiger charge is -2.09. The zero-order valence-corrected chi connectivity index (χ0v) is 14.8. The largest absolute Gasteiger partial charge is 0.467 e. The van der Waals surface area contributed by atoms with E-state index in [-0.39, 0.29) is 18.3 Å². The predicted molar refractivity (Wildman–Crippen MR) is 98.8 cm³/mol. The zero-order valence-electron chi connectivity index (χ0n) is 13.3.